The molecule has 0 radical (unpaired) electrons. The van der Waals surface area contributed by atoms with Gasteiger partial charge in [-0.15, -0.1) is 0 Å². The van der Waals surface area contributed by atoms with Crippen molar-refractivity contribution in [3.63, 3.8) is 0 Å². The zero-order valence-corrected chi connectivity index (χ0v) is 11.2. The number of rotatable bonds is 3. The molecule has 1 aliphatic rings. The van der Waals surface area contributed by atoms with E-state index in [0.29, 0.717) is 6.04 Å². The molecule has 0 fully saturated rings. The van der Waals surface area contributed by atoms with Crippen molar-refractivity contribution in [2.24, 2.45) is 7.05 Å². The third kappa shape index (κ3) is 2.79. The van der Waals surface area contributed by atoms with Crippen LogP contribution in [0.5, 0.6) is 5.75 Å². The summed E-state index contributed by atoms with van der Waals surface area (Å²) in [6.07, 6.45) is 5.91. The quantitative estimate of drug-likeness (QED) is 0.913. The summed E-state index contributed by atoms with van der Waals surface area (Å²) in [6, 6.07) is 8.70. The second-order valence-electron chi connectivity index (χ2n) is 5.03. The molecule has 0 aliphatic carbocycles. The molecule has 4 heteroatoms. The van der Waals surface area contributed by atoms with Gasteiger partial charge in [0.2, 0.25) is 0 Å². The number of ether oxygens (including phenoxy) is 1. The lowest BCUT2D eigenvalue weighted by molar-refractivity contribution is 0.266. The second-order valence-corrected chi connectivity index (χ2v) is 5.03. The van der Waals surface area contributed by atoms with Crippen molar-refractivity contribution in [2.75, 3.05) is 6.61 Å². The molecule has 0 amide bonds. The monoisotopic (exact) mass is 257 g/mol. The summed E-state index contributed by atoms with van der Waals surface area (Å²) < 4.78 is 7.92. The highest BCUT2D eigenvalue weighted by molar-refractivity contribution is 5.34. The first-order chi connectivity index (χ1) is 9.33. The molecule has 0 saturated carbocycles. The Morgan fingerprint density at radius 2 is 2.32 bits per heavy atom. The Morgan fingerprint density at radius 3 is 3.16 bits per heavy atom. The third-order valence-corrected chi connectivity index (χ3v) is 3.66. The van der Waals surface area contributed by atoms with Gasteiger partial charge in [0.15, 0.2) is 0 Å². The van der Waals surface area contributed by atoms with Crippen LogP contribution in [0.15, 0.2) is 36.8 Å². The third-order valence-electron chi connectivity index (χ3n) is 3.66. The van der Waals surface area contributed by atoms with Gasteiger partial charge >= 0.3 is 0 Å². The van der Waals surface area contributed by atoms with E-state index in [1.54, 1.807) is 0 Å². The molecular weight excluding hydrogens is 238 g/mol. The number of nitrogens with one attached hydrogen (secondary N) is 1. The number of fused-ring (bicyclic) bond motifs is 1. The molecule has 3 rings (SSSR count). The fourth-order valence-corrected chi connectivity index (χ4v) is 2.42. The first kappa shape index (κ1) is 12.2. The van der Waals surface area contributed by atoms with Crippen LogP contribution in [0, 0.1) is 0 Å². The molecule has 1 N–H and O–H groups in total. The molecule has 2 heterocycles. The minimum atomic E-state index is 0.391. The highest BCUT2D eigenvalue weighted by atomic mass is 16.5. The molecule has 1 aliphatic heterocycles. The van der Waals surface area contributed by atoms with Crippen molar-refractivity contribution < 1.29 is 4.74 Å². The molecule has 1 unspecified atom stereocenters. The van der Waals surface area contributed by atoms with Crippen LogP contribution < -0.4 is 10.1 Å². The minimum absolute atomic E-state index is 0.391. The zero-order valence-electron chi connectivity index (χ0n) is 11.2. The van der Waals surface area contributed by atoms with Crippen molar-refractivity contribution in [2.45, 2.75) is 25.4 Å². The second kappa shape index (κ2) is 5.45. The van der Waals surface area contributed by atoms with Crippen molar-refractivity contribution >= 4 is 0 Å². The number of aromatic nitrogens is 2. The van der Waals surface area contributed by atoms with E-state index in [0.717, 1.165) is 31.7 Å². The average molecular weight is 257 g/mol. The Morgan fingerprint density at radius 1 is 1.42 bits per heavy atom. The Hall–Kier alpha value is -1.81. The topological polar surface area (TPSA) is 39.1 Å². The summed E-state index contributed by atoms with van der Waals surface area (Å²) in [5.41, 5.74) is 2.51. The predicted octanol–water partition coefficient (Wildman–Crippen LogP) is 1.90. The van der Waals surface area contributed by atoms with E-state index in [4.69, 9.17) is 4.74 Å². The standard InChI is InChI=1S/C15H19N3O/c1-18-11-16-8-14(18)9-17-13-7-6-12-4-2-3-5-15(12)19-10-13/h2-5,8,11,13,17H,6-7,9-10H2,1H3. The number of aryl methyl sites for hydroxylation is 2. The summed E-state index contributed by atoms with van der Waals surface area (Å²) in [6.45, 7) is 1.57. The van der Waals surface area contributed by atoms with Crippen LogP contribution in [0.25, 0.3) is 0 Å². The van der Waals surface area contributed by atoms with Gasteiger partial charge in [-0.2, -0.15) is 0 Å². The SMILES string of the molecule is Cn1cncc1CNC1CCc2ccccc2OC1. The molecule has 1 aromatic carbocycles. The van der Waals surface area contributed by atoms with E-state index in [2.05, 4.69) is 28.5 Å². The molecule has 0 spiro atoms. The van der Waals surface area contributed by atoms with Gasteiger partial charge < -0.3 is 14.6 Å². The molecule has 100 valence electrons. The van der Waals surface area contributed by atoms with Crippen LogP contribution in [0.1, 0.15) is 17.7 Å². The lowest BCUT2D eigenvalue weighted by atomic mass is 10.1. The van der Waals surface area contributed by atoms with Gasteiger partial charge in [0.25, 0.3) is 0 Å². The Labute approximate surface area is 113 Å². The number of nitrogens with zero attached hydrogens (tertiary/aromatic N) is 2. The van der Waals surface area contributed by atoms with E-state index in [1.807, 2.05) is 30.2 Å². The van der Waals surface area contributed by atoms with Crippen LogP contribution in [0.2, 0.25) is 0 Å². The number of para-hydroxylation sites is 1. The average Bonchev–Trinajstić information content (AvgIpc) is 2.73. The maximum absolute atomic E-state index is 5.88. The van der Waals surface area contributed by atoms with Crippen LogP contribution >= 0.6 is 0 Å². The highest BCUT2D eigenvalue weighted by Crippen LogP contribution is 2.23. The lowest BCUT2D eigenvalue weighted by Crippen LogP contribution is -2.34. The van der Waals surface area contributed by atoms with E-state index in [1.165, 1.54) is 11.3 Å². The molecule has 4 nitrogen and oxygen atoms in total. The van der Waals surface area contributed by atoms with Gasteiger partial charge in [0, 0.05) is 25.8 Å². The predicted molar refractivity (Wildman–Crippen MR) is 74.1 cm³/mol. The van der Waals surface area contributed by atoms with Gasteiger partial charge in [0.1, 0.15) is 12.4 Å². The van der Waals surface area contributed by atoms with Gasteiger partial charge in [-0.1, -0.05) is 18.2 Å². The number of benzene rings is 1. The minimum Gasteiger partial charge on any atom is -0.492 e. The van der Waals surface area contributed by atoms with Gasteiger partial charge in [-0.05, 0) is 24.5 Å². The molecule has 0 bridgehead atoms. The summed E-state index contributed by atoms with van der Waals surface area (Å²) in [7, 11) is 2.02. The normalized spacial score (nSPS) is 18.5. The molecule has 1 atom stereocenters. The van der Waals surface area contributed by atoms with Crippen molar-refractivity contribution in [3.8, 4) is 5.75 Å². The Kier molecular flexibility index (Phi) is 3.51. The molecule has 0 saturated heterocycles. The smallest absolute Gasteiger partial charge is 0.122 e. The van der Waals surface area contributed by atoms with Crippen LogP contribution in [-0.2, 0) is 20.0 Å². The van der Waals surface area contributed by atoms with Crippen LogP contribution in [0.3, 0.4) is 0 Å². The van der Waals surface area contributed by atoms with Gasteiger partial charge in [0.05, 0.1) is 12.0 Å². The fraction of sp³-hybridized carbons (Fsp3) is 0.400. The van der Waals surface area contributed by atoms with Crippen LogP contribution in [0.4, 0.5) is 0 Å². The zero-order chi connectivity index (χ0) is 13.1. The van der Waals surface area contributed by atoms with Crippen molar-refractivity contribution in [1.82, 2.24) is 14.9 Å². The number of imidazole rings is 1. The maximum Gasteiger partial charge on any atom is 0.122 e. The molecule has 2 aromatic rings. The van der Waals surface area contributed by atoms with Gasteiger partial charge in [-0.25, -0.2) is 4.98 Å². The first-order valence-electron chi connectivity index (χ1n) is 6.72. The first-order valence-corrected chi connectivity index (χ1v) is 6.72. The van der Waals surface area contributed by atoms with Crippen LogP contribution in [-0.4, -0.2) is 22.2 Å². The van der Waals surface area contributed by atoms with E-state index >= 15 is 0 Å². The summed E-state index contributed by atoms with van der Waals surface area (Å²) >= 11 is 0. The highest BCUT2D eigenvalue weighted by Gasteiger charge is 2.16. The summed E-state index contributed by atoms with van der Waals surface area (Å²) in [5, 5.41) is 3.55. The van der Waals surface area contributed by atoms with E-state index in [9.17, 15) is 0 Å². The largest absolute Gasteiger partial charge is 0.492 e. The van der Waals surface area contributed by atoms with Gasteiger partial charge in [-0.3, -0.25) is 0 Å². The number of hydrogen-bond acceptors (Lipinski definition) is 3. The Bertz CT molecular complexity index is 523. The fourth-order valence-electron chi connectivity index (χ4n) is 2.42. The summed E-state index contributed by atoms with van der Waals surface area (Å²) in [4.78, 5) is 4.13. The molecule has 1 aromatic heterocycles. The van der Waals surface area contributed by atoms with E-state index in [-0.39, 0.29) is 0 Å². The number of hydrogen-bond donors (Lipinski definition) is 1. The van der Waals surface area contributed by atoms with Crippen molar-refractivity contribution in [1.29, 1.82) is 0 Å². The molecule has 19 heavy (non-hydrogen) atoms. The maximum atomic E-state index is 5.88. The lowest BCUT2D eigenvalue weighted by Gasteiger charge is -2.16. The Balaban J connectivity index is 1.59. The van der Waals surface area contributed by atoms with E-state index < -0.39 is 0 Å². The molecular formula is C15H19N3O. The summed E-state index contributed by atoms with van der Waals surface area (Å²) in [5.74, 6) is 1.03. The van der Waals surface area contributed by atoms with Crippen molar-refractivity contribution in [3.05, 3.63) is 48.0 Å².